The van der Waals surface area contributed by atoms with Gasteiger partial charge < -0.3 is 45.1 Å². The van der Waals surface area contributed by atoms with E-state index in [-0.39, 0.29) is 13.0 Å². The number of carbonyl (C=O) groups is 2. The number of aliphatic hydroxyl groups is 5. The minimum absolute atomic E-state index is 0.0968. The van der Waals surface area contributed by atoms with Gasteiger partial charge in [-0.05, 0) is 44.9 Å². The van der Waals surface area contributed by atoms with Crippen LogP contribution in [0.15, 0.2) is 60.8 Å². The zero-order valence-corrected chi connectivity index (χ0v) is 45.3. The first kappa shape index (κ1) is 66.4. The minimum atomic E-state index is -1.62. The Kier molecular flexibility index (Phi) is 45.2. The summed E-state index contributed by atoms with van der Waals surface area (Å²) in [4.78, 5) is 26.4. The Morgan fingerprint density at radius 1 is 0.563 bits per heavy atom. The lowest BCUT2D eigenvalue weighted by Crippen LogP contribution is -2.61. The molecule has 0 radical (unpaired) electrons. The normalized spacial score (nSPS) is 20.0. The molecule has 0 spiro atoms. The van der Waals surface area contributed by atoms with Gasteiger partial charge in [-0.1, -0.05) is 255 Å². The molecular formula is C60H107NO10. The summed E-state index contributed by atoms with van der Waals surface area (Å²) < 4.78 is 17.5. The SMILES string of the molecule is CC/C=C/C=C/C=C/C=C\CCCCCCCC(=O)OC1C(OCC(NC(=O)C(O)CCCCCCCCCCCCCCCCCC)C(O)/C=C/CCCCCCCCCCC)OC(CO)C(O)C1O. The molecule has 11 heteroatoms. The first-order valence-electron chi connectivity index (χ1n) is 29.1. The number of ether oxygens (including phenoxy) is 3. The van der Waals surface area contributed by atoms with Gasteiger partial charge in [0.1, 0.15) is 24.4 Å². The highest BCUT2D eigenvalue weighted by Crippen LogP contribution is 2.26. The fourth-order valence-corrected chi connectivity index (χ4v) is 8.90. The van der Waals surface area contributed by atoms with Crippen LogP contribution in [0.3, 0.4) is 0 Å². The van der Waals surface area contributed by atoms with Gasteiger partial charge in [-0.25, -0.2) is 0 Å². The molecule has 0 aromatic carbocycles. The molecular weight excluding hydrogens is 895 g/mol. The van der Waals surface area contributed by atoms with Crippen molar-refractivity contribution in [2.24, 2.45) is 0 Å². The zero-order valence-electron chi connectivity index (χ0n) is 45.3. The van der Waals surface area contributed by atoms with Crippen molar-refractivity contribution in [2.75, 3.05) is 13.2 Å². The van der Waals surface area contributed by atoms with E-state index in [1.54, 1.807) is 6.08 Å². The van der Waals surface area contributed by atoms with Gasteiger partial charge in [0.05, 0.1) is 25.4 Å². The van der Waals surface area contributed by atoms with E-state index >= 15 is 0 Å². The van der Waals surface area contributed by atoms with Crippen molar-refractivity contribution in [3.63, 3.8) is 0 Å². The van der Waals surface area contributed by atoms with Crippen LogP contribution in [-0.4, -0.2) is 99.6 Å². The number of esters is 1. The van der Waals surface area contributed by atoms with E-state index in [0.29, 0.717) is 19.3 Å². The highest BCUT2D eigenvalue weighted by Gasteiger charge is 2.47. The summed E-state index contributed by atoms with van der Waals surface area (Å²) in [5.74, 6) is -1.22. The van der Waals surface area contributed by atoms with Crippen LogP contribution >= 0.6 is 0 Å². The summed E-state index contributed by atoms with van der Waals surface area (Å²) in [6.45, 7) is 5.63. The van der Waals surface area contributed by atoms with Crippen LogP contribution in [0.5, 0.6) is 0 Å². The Morgan fingerprint density at radius 2 is 1.01 bits per heavy atom. The largest absolute Gasteiger partial charge is 0.454 e. The summed E-state index contributed by atoms with van der Waals surface area (Å²) in [6.07, 6.45) is 48.3. The minimum Gasteiger partial charge on any atom is -0.454 e. The third-order valence-corrected chi connectivity index (χ3v) is 13.5. The molecule has 1 rings (SSSR count). The number of carbonyl (C=O) groups excluding carboxylic acids is 2. The van der Waals surface area contributed by atoms with E-state index < -0.39 is 67.4 Å². The van der Waals surface area contributed by atoms with Gasteiger partial charge >= 0.3 is 5.97 Å². The fourth-order valence-electron chi connectivity index (χ4n) is 8.90. The summed E-state index contributed by atoms with van der Waals surface area (Å²) in [7, 11) is 0. The zero-order chi connectivity index (χ0) is 51.8. The second-order valence-corrected chi connectivity index (χ2v) is 20.1. The van der Waals surface area contributed by atoms with Crippen LogP contribution in [0.25, 0.3) is 0 Å². The standard InChI is InChI=1S/C60H107NO10/c1-4-7-10-13-16-19-22-24-26-28-29-32-35-38-41-44-47-53(64)59(68)61-51(52(63)46-43-40-37-34-31-21-18-15-12-9-6-3)50-69-60-58(57(67)56(66)54(49-62)70-60)71-55(65)48-45-42-39-36-33-30-27-25-23-20-17-14-11-8-5-2/h8,11,14,17,20,23,25,27,43,46,51-54,56-58,60,62-64,66-67H,4-7,9-10,12-13,15-16,18-19,21-22,24,26,28-42,44-45,47-50H2,1-3H3,(H,61,68)/b11-8+,17-14+,23-20+,27-25-,46-43+. The molecule has 0 aliphatic carbocycles. The molecule has 8 atom stereocenters. The third kappa shape index (κ3) is 36.9. The molecule has 1 aliphatic heterocycles. The number of allylic oxidation sites excluding steroid dienone is 9. The fraction of sp³-hybridized carbons (Fsp3) is 0.800. The number of rotatable bonds is 48. The Balaban J connectivity index is 2.72. The molecule has 0 aromatic heterocycles. The lowest BCUT2D eigenvalue weighted by atomic mass is 9.99. The number of hydrogen-bond acceptors (Lipinski definition) is 10. The van der Waals surface area contributed by atoms with Gasteiger partial charge in [0.2, 0.25) is 5.91 Å². The van der Waals surface area contributed by atoms with Gasteiger partial charge in [0, 0.05) is 6.42 Å². The van der Waals surface area contributed by atoms with Crippen molar-refractivity contribution in [3.8, 4) is 0 Å². The van der Waals surface area contributed by atoms with Crippen molar-refractivity contribution in [2.45, 2.75) is 294 Å². The van der Waals surface area contributed by atoms with Gasteiger partial charge in [0.15, 0.2) is 12.4 Å². The van der Waals surface area contributed by atoms with Crippen LogP contribution < -0.4 is 5.32 Å². The van der Waals surface area contributed by atoms with Gasteiger partial charge in [0.25, 0.3) is 0 Å². The lowest BCUT2D eigenvalue weighted by Gasteiger charge is -2.41. The molecule has 71 heavy (non-hydrogen) atoms. The van der Waals surface area contributed by atoms with Crippen LogP contribution in [0, 0.1) is 0 Å². The number of hydrogen-bond donors (Lipinski definition) is 6. The van der Waals surface area contributed by atoms with Gasteiger partial charge in [-0.3, -0.25) is 9.59 Å². The van der Waals surface area contributed by atoms with Crippen molar-refractivity contribution >= 4 is 11.9 Å². The molecule has 1 saturated heterocycles. The van der Waals surface area contributed by atoms with E-state index in [4.69, 9.17) is 14.2 Å². The average molecular weight is 1000 g/mol. The van der Waals surface area contributed by atoms with Crippen molar-refractivity contribution < 1.29 is 49.3 Å². The molecule has 0 aromatic rings. The second kappa shape index (κ2) is 48.3. The Hall–Kier alpha value is -2.64. The first-order chi connectivity index (χ1) is 34.7. The maximum atomic E-state index is 13.4. The molecule has 11 nitrogen and oxygen atoms in total. The highest BCUT2D eigenvalue weighted by atomic mass is 16.7. The third-order valence-electron chi connectivity index (χ3n) is 13.5. The van der Waals surface area contributed by atoms with E-state index in [1.165, 1.54) is 122 Å². The van der Waals surface area contributed by atoms with E-state index in [1.807, 2.05) is 42.5 Å². The molecule has 0 bridgehead atoms. The average Bonchev–Trinajstić information content (AvgIpc) is 3.37. The summed E-state index contributed by atoms with van der Waals surface area (Å²) in [6, 6.07) is -1.03. The number of amides is 1. The topological polar surface area (TPSA) is 175 Å². The van der Waals surface area contributed by atoms with Gasteiger partial charge in [-0.15, -0.1) is 0 Å². The van der Waals surface area contributed by atoms with Crippen molar-refractivity contribution in [3.05, 3.63) is 60.8 Å². The Bertz CT molecular complexity index is 1380. The van der Waals surface area contributed by atoms with E-state index in [9.17, 15) is 35.1 Å². The predicted octanol–water partition coefficient (Wildman–Crippen LogP) is 13.1. The number of nitrogens with one attached hydrogen (secondary N) is 1. The maximum absolute atomic E-state index is 13.4. The van der Waals surface area contributed by atoms with E-state index in [2.05, 4.69) is 38.2 Å². The first-order valence-corrected chi connectivity index (χ1v) is 29.1. The smallest absolute Gasteiger partial charge is 0.306 e. The Labute approximate surface area is 433 Å². The van der Waals surface area contributed by atoms with Crippen LogP contribution in [0.4, 0.5) is 0 Å². The number of aliphatic hydroxyl groups excluding tert-OH is 5. The molecule has 6 N–H and O–H groups in total. The van der Waals surface area contributed by atoms with E-state index in [0.717, 1.165) is 77.0 Å². The van der Waals surface area contributed by atoms with Crippen LogP contribution in [0.2, 0.25) is 0 Å². The van der Waals surface area contributed by atoms with Crippen LogP contribution in [-0.2, 0) is 23.8 Å². The van der Waals surface area contributed by atoms with Gasteiger partial charge in [-0.2, -0.15) is 0 Å². The summed E-state index contributed by atoms with van der Waals surface area (Å²) in [5, 5.41) is 56.8. The second-order valence-electron chi connectivity index (χ2n) is 20.1. The number of unbranched alkanes of at least 4 members (excludes halogenated alkanes) is 29. The summed E-state index contributed by atoms with van der Waals surface area (Å²) >= 11 is 0. The monoisotopic (exact) mass is 1000 g/mol. The molecule has 1 fully saturated rings. The van der Waals surface area contributed by atoms with Crippen LogP contribution in [0.1, 0.15) is 245 Å². The molecule has 1 heterocycles. The quantitative estimate of drug-likeness (QED) is 0.0149. The molecule has 1 aliphatic rings. The summed E-state index contributed by atoms with van der Waals surface area (Å²) in [5.41, 5.74) is 0. The molecule has 1 amide bonds. The molecule has 0 saturated carbocycles. The lowest BCUT2D eigenvalue weighted by molar-refractivity contribution is -0.305. The van der Waals surface area contributed by atoms with Crippen molar-refractivity contribution in [1.82, 2.24) is 5.32 Å². The maximum Gasteiger partial charge on any atom is 0.306 e. The molecule has 8 unspecified atom stereocenters. The van der Waals surface area contributed by atoms with Crippen molar-refractivity contribution in [1.29, 1.82) is 0 Å². The Morgan fingerprint density at radius 3 is 1.52 bits per heavy atom. The predicted molar refractivity (Wildman–Crippen MR) is 292 cm³/mol. The molecule has 412 valence electrons. The highest BCUT2D eigenvalue weighted by molar-refractivity contribution is 5.80.